The van der Waals surface area contributed by atoms with Crippen molar-refractivity contribution in [3.8, 4) is 5.75 Å². The van der Waals surface area contributed by atoms with Crippen LogP contribution in [-0.4, -0.2) is 34.4 Å². The first kappa shape index (κ1) is 22.8. The molecule has 0 aromatic heterocycles. The molecule has 0 radical (unpaired) electrons. The number of hydrogen-bond donors (Lipinski definition) is 3. The van der Waals surface area contributed by atoms with Crippen LogP contribution in [0.3, 0.4) is 0 Å². The first-order valence-electron chi connectivity index (χ1n) is 10.5. The van der Waals surface area contributed by atoms with E-state index in [4.69, 9.17) is 0 Å². The maximum atomic E-state index is 11.6. The summed E-state index contributed by atoms with van der Waals surface area (Å²) in [5, 5.41) is 31.2. The van der Waals surface area contributed by atoms with Gasteiger partial charge in [-0.1, -0.05) is 44.0 Å². The van der Waals surface area contributed by atoms with Crippen molar-refractivity contribution >= 4 is 11.7 Å². The van der Waals surface area contributed by atoms with Crippen molar-refractivity contribution in [2.45, 2.75) is 52.6 Å². The molecule has 2 unspecified atom stereocenters. The van der Waals surface area contributed by atoms with Gasteiger partial charge in [0.15, 0.2) is 0 Å². The molecule has 0 fully saturated rings. The second-order valence-electron chi connectivity index (χ2n) is 7.43. The Morgan fingerprint density at radius 3 is 2.34 bits per heavy atom. The molecule has 0 saturated heterocycles. The number of hydrogen-bond acceptors (Lipinski definition) is 4. The highest BCUT2D eigenvalue weighted by Gasteiger charge is 2.25. The number of carbonyl (C=O) groups is 1. The van der Waals surface area contributed by atoms with Crippen LogP contribution in [0.1, 0.15) is 67.6 Å². The van der Waals surface area contributed by atoms with Crippen LogP contribution >= 0.6 is 0 Å². The number of phenols is 1. The molecule has 5 nitrogen and oxygen atoms in total. The smallest absolute Gasteiger partial charge is 0.335 e. The molecule has 0 aliphatic heterocycles. The summed E-state index contributed by atoms with van der Waals surface area (Å²) in [6, 6.07) is 12.3. The van der Waals surface area contributed by atoms with Crippen molar-refractivity contribution in [2.24, 2.45) is 5.92 Å². The van der Waals surface area contributed by atoms with Crippen LogP contribution in [0.15, 0.2) is 42.5 Å². The number of aliphatic hydroxyl groups excluding tert-OH is 1. The van der Waals surface area contributed by atoms with Gasteiger partial charge in [-0.15, -0.1) is 0 Å². The van der Waals surface area contributed by atoms with E-state index >= 15 is 0 Å². The third-order valence-corrected chi connectivity index (χ3v) is 5.57. The van der Waals surface area contributed by atoms with E-state index < -0.39 is 12.1 Å². The number of aromatic carboxylic acids is 1. The Morgan fingerprint density at radius 2 is 1.76 bits per heavy atom. The minimum absolute atomic E-state index is 0.0786. The number of phenolic OH excluding ortho intramolecular Hbond substituents is 1. The summed E-state index contributed by atoms with van der Waals surface area (Å²) >= 11 is 0. The molecule has 0 amide bonds. The third-order valence-electron chi connectivity index (χ3n) is 5.57. The van der Waals surface area contributed by atoms with E-state index in [1.54, 1.807) is 30.3 Å². The van der Waals surface area contributed by atoms with Crippen LogP contribution < -0.4 is 4.90 Å². The molecule has 0 bridgehead atoms. The molecular weight excluding hydrogens is 366 g/mol. The van der Waals surface area contributed by atoms with Gasteiger partial charge < -0.3 is 20.2 Å². The predicted octanol–water partition coefficient (Wildman–Crippen LogP) is 5.02. The lowest BCUT2D eigenvalue weighted by molar-refractivity contribution is 0.0691. The van der Waals surface area contributed by atoms with Crippen molar-refractivity contribution in [1.82, 2.24) is 0 Å². The lowest BCUT2D eigenvalue weighted by Gasteiger charge is -2.26. The Kier molecular flexibility index (Phi) is 8.52. The Labute approximate surface area is 173 Å². The summed E-state index contributed by atoms with van der Waals surface area (Å²) in [6.45, 7) is 7.88. The average Bonchev–Trinajstić information content (AvgIpc) is 2.72. The van der Waals surface area contributed by atoms with Gasteiger partial charge in [0.2, 0.25) is 0 Å². The molecule has 2 atom stereocenters. The Morgan fingerprint density at radius 1 is 1.07 bits per heavy atom. The number of aromatic hydroxyl groups is 1. The van der Waals surface area contributed by atoms with Crippen LogP contribution in [-0.2, 0) is 6.42 Å². The number of anilines is 1. The molecule has 2 rings (SSSR count). The standard InChI is InChI=1S/C24H33NO4/c1-4-7-10-18(15-17-11-8-9-12-20(17)24(28)29)23(27)21-14-13-19(16-22(21)26)25(5-2)6-3/h8-9,11-14,16,18,23,26-27H,4-7,10,15H2,1-3H3,(H,28,29). The fourth-order valence-electron chi connectivity index (χ4n) is 3.85. The summed E-state index contributed by atoms with van der Waals surface area (Å²) in [4.78, 5) is 13.7. The number of aliphatic hydroxyl groups is 1. The van der Waals surface area contributed by atoms with Gasteiger partial charge in [-0.05, 0) is 50.3 Å². The Balaban J connectivity index is 2.32. The second kappa shape index (κ2) is 10.9. The summed E-state index contributed by atoms with van der Waals surface area (Å²) < 4.78 is 0. The van der Waals surface area contributed by atoms with Crippen LogP contribution in [0.4, 0.5) is 5.69 Å². The average molecular weight is 400 g/mol. The number of benzene rings is 2. The number of unbranched alkanes of at least 4 members (excludes halogenated alkanes) is 1. The van der Waals surface area contributed by atoms with Gasteiger partial charge in [-0.2, -0.15) is 0 Å². The zero-order valence-electron chi connectivity index (χ0n) is 17.6. The first-order valence-corrected chi connectivity index (χ1v) is 10.5. The maximum Gasteiger partial charge on any atom is 0.335 e. The summed E-state index contributed by atoms with van der Waals surface area (Å²) in [7, 11) is 0. The van der Waals surface area contributed by atoms with Gasteiger partial charge >= 0.3 is 5.97 Å². The molecule has 0 saturated carbocycles. The minimum Gasteiger partial charge on any atom is -0.507 e. The van der Waals surface area contributed by atoms with Crippen LogP contribution in [0, 0.1) is 5.92 Å². The topological polar surface area (TPSA) is 81.0 Å². The minimum atomic E-state index is -0.962. The number of carboxylic acid groups (broad SMARTS) is 1. The normalized spacial score (nSPS) is 13.1. The highest BCUT2D eigenvalue weighted by Crippen LogP contribution is 2.36. The predicted molar refractivity (Wildman–Crippen MR) is 117 cm³/mol. The summed E-state index contributed by atoms with van der Waals surface area (Å²) in [6.07, 6.45) is 2.24. The van der Waals surface area contributed by atoms with E-state index in [1.165, 1.54) is 0 Å². The highest BCUT2D eigenvalue weighted by molar-refractivity contribution is 5.89. The highest BCUT2D eigenvalue weighted by atomic mass is 16.4. The van der Waals surface area contributed by atoms with Crippen molar-refractivity contribution < 1.29 is 20.1 Å². The van der Waals surface area contributed by atoms with Gasteiger partial charge in [-0.3, -0.25) is 0 Å². The third kappa shape index (κ3) is 5.73. The summed E-state index contributed by atoms with van der Waals surface area (Å²) in [5.41, 5.74) is 2.39. The molecule has 5 heteroatoms. The van der Waals surface area contributed by atoms with Crippen molar-refractivity contribution in [3.05, 3.63) is 59.2 Å². The van der Waals surface area contributed by atoms with Crippen molar-refractivity contribution in [1.29, 1.82) is 0 Å². The lowest BCUT2D eigenvalue weighted by atomic mass is 9.84. The number of carboxylic acids is 1. The van der Waals surface area contributed by atoms with Crippen molar-refractivity contribution in [2.75, 3.05) is 18.0 Å². The van der Waals surface area contributed by atoms with E-state index in [-0.39, 0.29) is 17.2 Å². The largest absolute Gasteiger partial charge is 0.507 e. The molecule has 158 valence electrons. The van der Waals surface area contributed by atoms with E-state index in [0.717, 1.165) is 38.0 Å². The Bertz CT molecular complexity index is 801. The van der Waals surface area contributed by atoms with Gasteiger partial charge in [-0.25, -0.2) is 4.79 Å². The maximum absolute atomic E-state index is 11.6. The molecule has 3 N–H and O–H groups in total. The van der Waals surface area contributed by atoms with Crippen molar-refractivity contribution in [3.63, 3.8) is 0 Å². The van der Waals surface area contributed by atoms with Crippen LogP contribution in [0.5, 0.6) is 5.75 Å². The van der Waals surface area contributed by atoms with E-state index in [1.807, 2.05) is 12.1 Å². The fraction of sp³-hybridized carbons (Fsp3) is 0.458. The van der Waals surface area contributed by atoms with Gasteiger partial charge in [0.25, 0.3) is 0 Å². The van der Waals surface area contributed by atoms with E-state index in [0.29, 0.717) is 17.5 Å². The quantitative estimate of drug-likeness (QED) is 0.494. The molecule has 0 heterocycles. The monoisotopic (exact) mass is 399 g/mol. The molecule has 0 spiro atoms. The fourth-order valence-corrected chi connectivity index (χ4v) is 3.85. The zero-order valence-corrected chi connectivity index (χ0v) is 17.6. The van der Waals surface area contributed by atoms with E-state index in [2.05, 4.69) is 25.7 Å². The zero-order chi connectivity index (χ0) is 21.4. The molecule has 29 heavy (non-hydrogen) atoms. The number of rotatable bonds is 11. The van der Waals surface area contributed by atoms with Crippen LogP contribution in [0.25, 0.3) is 0 Å². The number of nitrogens with zero attached hydrogens (tertiary/aromatic N) is 1. The lowest BCUT2D eigenvalue weighted by Crippen LogP contribution is -2.22. The van der Waals surface area contributed by atoms with Gasteiger partial charge in [0.05, 0.1) is 11.7 Å². The molecule has 2 aromatic rings. The molecular formula is C24H33NO4. The SMILES string of the molecule is CCCCC(Cc1ccccc1C(=O)O)C(O)c1ccc(N(CC)CC)cc1O. The second-order valence-corrected chi connectivity index (χ2v) is 7.43. The van der Waals surface area contributed by atoms with Gasteiger partial charge in [0, 0.05) is 30.4 Å². The molecule has 0 aliphatic carbocycles. The summed E-state index contributed by atoms with van der Waals surface area (Å²) in [5.74, 6) is -1.06. The van der Waals surface area contributed by atoms with E-state index in [9.17, 15) is 20.1 Å². The van der Waals surface area contributed by atoms with Gasteiger partial charge in [0.1, 0.15) is 5.75 Å². The molecule has 2 aromatic carbocycles. The molecule has 0 aliphatic rings. The van der Waals surface area contributed by atoms with Crippen LogP contribution in [0.2, 0.25) is 0 Å². The first-order chi connectivity index (χ1) is 13.9. The Hall–Kier alpha value is -2.53.